The number of carboxylic acids is 1. The molecule has 1 rings (SSSR count). The van der Waals surface area contributed by atoms with Crippen LogP contribution < -0.4 is 0 Å². The van der Waals surface area contributed by atoms with Crippen LogP contribution in [0, 0.1) is 0 Å². The van der Waals surface area contributed by atoms with Gasteiger partial charge in [-0.3, -0.25) is 4.79 Å². The van der Waals surface area contributed by atoms with Crippen molar-refractivity contribution in [3.8, 4) is 0 Å². The Hall–Kier alpha value is -0.610. The Morgan fingerprint density at radius 1 is 1.27 bits per heavy atom. The van der Waals surface area contributed by atoms with Gasteiger partial charge in [-0.05, 0) is 36.6 Å². The van der Waals surface area contributed by atoms with Crippen molar-refractivity contribution in [1.82, 2.24) is 0 Å². The van der Waals surface area contributed by atoms with Gasteiger partial charge in [-0.25, -0.2) is 0 Å². The first kappa shape index (κ1) is 12.5. The number of aryl methyl sites for hydroxylation is 1. The normalized spacial score (nSPS) is 10.3. The number of aliphatic carboxylic acids is 1. The van der Waals surface area contributed by atoms with Gasteiger partial charge in [0.05, 0.1) is 0 Å². The summed E-state index contributed by atoms with van der Waals surface area (Å²) in [7, 11) is 0. The van der Waals surface area contributed by atoms with E-state index < -0.39 is 5.97 Å². The van der Waals surface area contributed by atoms with Crippen LogP contribution in [0.1, 0.15) is 12.0 Å². The molecule has 0 aliphatic carbocycles. The summed E-state index contributed by atoms with van der Waals surface area (Å²) in [6.07, 6.45) is 4.89. The number of rotatable bonds is 5. The van der Waals surface area contributed by atoms with Crippen molar-refractivity contribution in [3.63, 3.8) is 0 Å². The standard InChI is InChI=1S/C11H14O2S2/c1-14-9-5-3-8(4-6-11(12)13)7-10(9)15-2/h3,5,7H,4,6H2,1-2H3,(H,12,13). The summed E-state index contributed by atoms with van der Waals surface area (Å²) < 4.78 is 0. The minimum atomic E-state index is -0.741. The van der Waals surface area contributed by atoms with Gasteiger partial charge in [0.2, 0.25) is 0 Å². The van der Waals surface area contributed by atoms with E-state index in [4.69, 9.17) is 5.11 Å². The molecule has 0 amide bonds. The number of hydrogen-bond acceptors (Lipinski definition) is 3. The van der Waals surface area contributed by atoms with Crippen LogP contribution in [0.3, 0.4) is 0 Å². The summed E-state index contributed by atoms with van der Waals surface area (Å²) in [5.41, 5.74) is 1.10. The van der Waals surface area contributed by atoms with Crippen molar-refractivity contribution < 1.29 is 9.90 Å². The lowest BCUT2D eigenvalue weighted by atomic mass is 10.1. The van der Waals surface area contributed by atoms with Crippen molar-refractivity contribution in [1.29, 1.82) is 0 Å². The van der Waals surface area contributed by atoms with Crippen LogP contribution in [-0.2, 0) is 11.2 Å². The van der Waals surface area contributed by atoms with Crippen LogP contribution >= 0.6 is 23.5 Å². The molecule has 0 bridgehead atoms. The van der Waals surface area contributed by atoms with Gasteiger partial charge in [0.1, 0.15) is 0 Å². The molecule has 0 aliphatic heterocycles. The number of thioether (sulfide) groups is 2. The highest BCUT2D eigenvalue weighted by molar-refractivity contribution is 8.01. The Kier molecular flexibility index (Phi) is 5.05. The second-order valence-corrected chi connectivity index (χ2v) is 4.78. The highest BCUT2D eigenvalue weighted by Gasteiger charge is 2.04. The Morgan fingerprint density at radius 2 is 1.93 bits per heavy atom. The van der Waals surface area contributed by atoms with Crippen molar-refractivity contribution in [3.05, 3.63) is 23.8 Å². The predicted molar refractivity (Wildman–Crippen MR) is 66.0 cm³/mol. The summed E-state index contributed by atoms with van der Waals surface area (Å²) in [5.74, 6) is -0.741. The maximum atomic E-state index is 10.4. The van der Waals surface area contributed by atoms with Gasteiger partial charge in [-0.1, -0.05) is 6.07 Å². The van der Waals surface area contributed by atoms with E-state index in [-0.39, 0.29) is 6.42 Å². The van der Waals surface area contributed by atoms with Crippen LogP contribution in [-0.4, -0.2) is 23.6 Å². The van der Waals surface area contributed by atoms with Crippen molar-refractivity contribution in [2.45, 2.75) is 22.6 Å². The fourth-order valence-electron chi connectivity index (χ4n) is 1.29. The monoisotopic (exact) mass is 242 g/mol. The second kappa shape index (κ2) is 6.08. The predicted octanol–water partition coefficient (Wildman–Crippen LogP) is 3.15. The third-order valence-electron chi connectivity index (χ3n) is 2.08. The summed E-state index contributed by atoms with van der Waals surface area (Å²) in [6, 6.07) is 6.15. The number of carbonyl (C=O) groups is 1. The summed E-state index contributed by atoms with van der Waals surface area (Å²) in [6.45, 7) is 0. The fraction of sp³-hybridized carbons (Fsp3) is 0.364. The number of carboxylic acid groups (broad SMARTS) is 1. The van der Waals surface area contributed by atoms with Crippen molar-refractivity contribution in [2.24, 2.45) is 0 Å². The largest absolute Gasteiger partial charge is 0.481 e. The van der Waals surface area contributed by atoms with Gasteiger partial charge in [-0.15, -0.1) is 23.5 Å². The molecule has 1 aromatic carbocycles. The first-order valence-electron chi connectivity index (χ1n) is 4.60. The Balaban J connectivity index is 2.78. The van der Waals surface area contributed by atoms with Gasteiger partial charge >= 0.3 is 5.97 Å². The zero-order valence-corrected chi connectivity index (χ0v) is 10.5. The van der Waals surface area contributed by atoms with Gasteiger partial charge < -0.3 is 5.11 Å². The molecule has 0 fully saturated rings. The molecule has 82 valence electrons. The molecule has 15 heavy (non-hydrogen) atoms. The molecule has 0 heterocycles. The molecule has 0 saturated carbocycles. The van der Waals surface area contributed by atoms with E-state index in [1.165, 1.54) is 9.79 Å². The average Bonchev–Trinajstić information content (AvgIpc) is 2.25. The Morgan fingerprint density at radius 3 is 2.47 bits per heavy atom. The molecule has 2 nitrogen and oxygen atoms in total. The van der Waals surface area contributed by atoms with Crippen LogP contribution in [0.25, 0.3) is 0 Å². The molecule has 0 radical (unpaired) electrons. The number of benzene rings is 1. The molecular formula is C11H14O2S2. The summed E-state index contributed by atoms with van der Waals surface area (Å²) in [5, 5.41) is 8.59. The maximum Gasteiger partial charge on any atom is 0.303 e. The van der Waals surface area contributed by atoms with E-state index in [9.17, 15) is 4.79 Å². The molecule has 4 heteroatoms. The van der Waals surface area contributed by atoms with Gasteiger partial charge in [0, 0.05) is 16.2 Å². The maximum absolute atomic E-state index is 10.4. The van der Waals surface area contributed by atoms with Crippen LogP contribution in [0.4, 0.5) is 0 Å². The zero-order valence-electron chi connectivity index (χ0n) is 8.82. The third kappa shape index (κ3) is 3.80. The lowest BCUT2D eigenvalue weighted by Crippen LogP contribution is -1.97. The van der Waals surface area contributed by atoms with E-state index in [0.29, 0.717) is 6.42 Å². The van der Waals surface area contributed by atoms with E-state index in [1.54, 1.807) is 23.5 Å². The average molecular weight is 242 g/mol. The van der Waals surface area contributed by atoms with E-state index in [2.05, 4.69) is 12.1 Å². The molecule has 0 unspecified atom stereocenters. The van der Waals surface area contributed by atoms with Gasteiger partial charge in [0.15, 0.2) is 0 Å². The topological polar surface area (TPSA) is 37.3 Å². The Bertz CT molecular complexity index is 350. The van der Waals surface area contributed by atoms with Crippen LogP contribution in [0.5, 0.6) is 0 Å². The Labute approximate surface area is 98.5 Å². The lowest BCUT2D eigenvalue weighted by Gasteiger charge is -2.06. The first-order valence-corrected chi connectivity index (χ1v) is 7.05. The van der Waals surface area contributed by atoms with E-state index in [0.717, 1.165) is 5.56 Å². The molecule has 0 saturated heterocycles. The second-order valence-electron chi connectivity index (χ2n) is 3.08. The third-order valence-corrected chi connectivity index (χ3v) is 3.78. The van der Waals surface area contributed by atoms with E-state index in [1.807, 2.05) is 18.6 Å². The molecule has 0 aliphatic rings. The quantitative estimate of drug-likeness (QED) is 0.805. The molecule has 0 atom stereocenters. The minimum Gasteiger partial charge on any atom is -0.481 e. The smallest absolute Gasteiger partial charge is 0.303 e. The highest BCUT2D eigenvalue weighted by Crippen LogP contribution is 2.29. The lowest BCUT2D eigenvalue weighted by molar-refractivity contribution is -0.136. The SMILES string of the molecule is CSc1ccc(CCC(=O)O)cc1SC. The van der Waals surface area contributed by atoms with Crippen LogP contribution in [0.15, 0.2) is 28.0 Å². The molecule has 0 spiro atoms. The molecular weight excluding hydrogens is 228 g/mol. The fourth-order valence-corrected chi connectivity index (χ4v) is 2.79. The summed E-state index contributed by atoms with van der Waals surface area (Å²) >= 11 is 3.42. The van der Waals surface area contributed by atoms with Crippen LogP contribution in [0.2, 0.25) is 0 Å². The molecule has 1 aromatic rings. The molecule has 1 N–H and O–H groups in total. The highest BCUT2D eigenvalue weighted by atomic mass is 32.2. The minimum absolute atomic E-state index is 0.201. The summed E-state index contributed by atoms with van der Waals surface area (Å²) in [4.78, 5) is 12.9. The van der Waals surface area contributed by atoms with Crippen molar-refractivity contribution in [2.75, 3.05) is 12.5 Å². The van der Waals surface area contributed by atoms with Crippen molar-refractivity contribution >= 4 is 29.5 Å². The van der Waals surface area contributed by atoms with Gasteiger partial charge in [-0.2, -0.15) is 0 Å². The number of hydrogen-bond donors (Lipinski definition) is 1. The zero-order chi connectivity index (χ0) is 11.3. The first-order chi connectivity index (χ1) is 7.17. The van der Waals surface area contributed by atoms with E-state index >= 15 is 0 Å². The molecule has 0 aromatic heterocycles. The van der Waals surface area contributed by atoms with Gasteiger partial charge in [0.25, 0.3) is 0 Å².